The van der Waals surface area contributed by atoms with Crippen LogP contribution in [-0.4, -0.2) is 51.8 Å². The van der Waals surface area contributed by atoms with Crippen LogP contribution in [0.15, 0.2) is 24.3 Å². The van der Waals surface area contributed by atoms with Gasteiger partial charge in [0, 0.05) is 19.3 Å². The molecule has 6 nitrogen and oxygen atoms in total. The van der Waals surface area contributed by atoms with Crippen LogP contribution in [0.5, 0.6) is 0 Å². The van der Waals surface area contributed by atoms with Gasteiger partial charge in [-0.1, -0.05) is 31.2 Å². The van der Waals surface area contributed by atoms with Crippen LogP contribution in [0.25, 0.3) is 0 Å². The van der Waals surface area contributed by atoms with Crippen LogP contribution in [-0.2, 0) is 22.1 Å². The lowest BCUT2D eigenvalue weighted by Gasteiger charge is -2.30. The van der Waals surface area contributed by atoms with Crippen LogP contribution in [0, 0.1) is 5.92 Å². The highest BCUT2D eigenvalue weighted by atomic mass is 32.2. The number of sulfone groups is 1. The van der Waals surface area contributed by atoms with Gasteiger partial charge < -0.3 is 15.5 Å². The zero-order chi connectivity index (χ0) is 19.0. The van der Waals surface area contributed by atoms with E-state index in [1.165, 1.54) is 32.2 Å². The lowest BCUT2D eigenvalue weighted by atomic mass is 9.99. The Morgan fingerprint density at radius 2 is 1.73 bits per heavy atom. The Bertz CT molecular complexity index is 666. The average Bonchev–Trinajstić information content (AvgIpc) is 2.58. The van der Waals surface area contributed by atoms with Crippen molar-refractivity contribution in [2.75, 3.05) is 32.4 Å². The summed E-state index contributed by atoms with van der Waals surface area (Å²) in [4.78, 5) is 14.3. The van der Waals surface area contributed by atoms with Crippen molar-refractivity contribution in [1.29, 1.82) is 0 Å². The molecule has 0 bridgehead atoms. The van der Waals surface area contributed by atoms with E-state index in [1.807, 2.05) is 12.1 Å². The molecule has 1 fully saturated rings. The normalized spacial score (nSPS) is 16.4. The first-order valence-electron chi connectivity index (χ1n) is 9.31. The summed E-state index contributed by atoms with van der Waals surface area (Å²) in [6.07, 6.45) is 4.73. The molecule has 26 heavy (non-hydrogen) atoms. The Morgan fingerprint density at radius 3 is 2.35 bits per heavy atom. The van der Waals surface area contributed by atoms with E-state index >= 15 is 0 Å². The van der Waals surface area contributed by atoms with Gasteiger partial charge in [0.25, 0.3) is 0 Å². The molecule has 2 N–H and O–H groups in total. The smallest absolute Gasteiger partial charge is 0.315 e. The summed E-state index contributed by atoms with van der Waals surface area (Å²) in [7, 11) is -3.02. The zero-order valence-electron chi connectivity index (χ0n) is 15.8. The maximum Gasteiger partial charge on any atom is 0.315 e. The third-order valence-corrected chi connectivity index (χ3v) is 5.58. The van der Waals surface area contributed by atoms with Crippen molar-refractivity contribution >= 4 is 15.9 Å². The number of benzene rings is 1. The first-order chi connectivity index (χ1) is 12.3. The SMILES string of the molecule is CC1CCN(CCCNC(=O)NCc2ccc(CS(C)(=O)=O)cc2)CC1. The fourth-order valence-corrected chi connectivity index (χ4v) is 3.89. The van der Waals surface area contributed by atoms with Crippen molar-refractivity contribution in [3.05, 3.63) is 35.4 Å². The Balaban J connectivity index is 1.59. The third kappa shape index (κ3) is 8.19. The third-order valence-electron chi connectivity index (χ3n) is 4.72. The summed E-state index contributed by atoms with van der Waals surface area (Å²) < 4.78 is 22.5. The second-order valence-corrected chi connectivity index (χ2v) is 9.51. The molecule has 1 aromatic rings. The van der Waals surface area contributed by atoms with Crippen LogP contribution in [0.2, 0.25) is 0 Å². The molecule has 2 rings (SSSR count). The molecule has 1 heterocycles. The highest BCUT2D eigenvalue weighted by Gasteiger charge is 2.14. The van der Waals surface area contributed by atoms with Crippen LogP contribution < -0.4 is 10.6 Å². The lowest BCUT2D eigenvalue weighted by Crippen LogP contribution is -2.38. The predicted octanol–water partition coefficient (Wildman–Crippen LogP) is 2.15. The van der Waals surface area contributed by atoms with Gasteiger partial charge in [0.15, 0.2) is 9.84 Å². The summed E-state index contributed by atoms with van der Waals surface area (Å²) in [5.74, 6) is 0.882. The Labute approximate surface area is 157 Å². The molecule has 1 aliphatic rings. The number of rotatable bonds is 8. The van der Waals surface area contributed by atoms with Gasteiger partial charge in [-0.2, -0.15) is 0 Å². The number of hydrogen-bond donors (Lipinski definition) is 2. The van der Waals surface area contributed by atoms with Crippen molar-refractivity contribution in [2.24, 2.45) is 5.92 Å². The van der Waals surface area contributed by atoms with E-state index in [2.05, 4.69) is 22.5 Å². The zero-order valence-corrected chi connectivity index (χ0v) is 16.6. The van der Waals surface area contributed by atoms with Crippen LogP contribution in [0.1, 0.15) is 37.3 Å². The number of piperidine rings is 1. The number of urea groups is 1. The number of carbonyl (C=O) groups excluding carboxylic acids is 1. The highest BCUT2D eigenvalue weighted by Crippen LogP contribution is 2.15. The molecule has 0 unspecified atom stereocenters. The van der Waals surface area contributed by atoms with Gasteiger partial charge in [0.05, 0.1) is 5.75 Å². The monoisotopic (exact) mass is 381 g/mol. The fraction of sp³-hybridized carbons (Fsp3) is 0.632. The minimum absolute atomic E-state index is 0.0388. The van der Waals surface area contributed by atoms with Crippen molar-refractivity contribution in [3.8, 4) is 0 Å². The number of nitrogens with zero attached hydrogens (tertiary/aromatic N) is 1. The summed E-state index contributed by atoms with van der Waals surface area (Å²) in [5.41, 5.74) is 1.70. The summed E-state index contributed by atoms with van der Waals surface area (Å²) in [6, 6.07) is 7.10. The molecule has 7 heteroatoms. The molecule has 2 amide bonds. The predicted molar refractivity (Wildman–Crippen MR) is 105 cm³/mol. The van der Waals surface area contributed by atoms with Gasteiger partial charge in [-0.25, -0.2) is 13.2 Å². The van der Waals surface area contributed by atoms with E-state index in [9.17, 15) is 13.2 Å². The van der Waals surface area contributed by atoms with Crippen molar-refractivity contribution < 1.29 is 13.2 Å². The maximum atomic E-state index is 11.8. The maximum absolute atomic E-state index is 11.8. The van der Waals surface area contributed by atoms with E-state index in [4.69, 9.17) is 0 Å². The molecule has 0 aliphatic carbocycles. The van der Waals surface area contributed by atoms with Crippen LogP contribution in [0.3, 0.4) is 0 Å². The second kappa shape index (κ2) is 9.92. The second-order valence-electron chi connectivity index (χ2n) is 7.37. The van der Waals surface area contributed by atoms with Crippen molar-refractivity contribution in [2.45, 2.75) is 38.5 Å². The van der Waals surface area contributed by atoms with Crippen molar-refractivity contribution in [3.63, 3.8) is 0 Å². The molecule has 0 radical (unpaired) electrons. The molecule has 0 aromatic heterocycles. The Morgan fingerprint density at radius 1 is 1.12 bits per heavy atom. The number of carbonyl (C=O) groups is 1. The Hall–Kier alpha value is -1.60. The highest BCUT2D eigenvalue weighted by molar-refractivity contribution is 7.89. The summed E-state index contributed by atoms with van der Waals surface area (Å²) in [6.45, 7) is 6.78. The van der Waals surface area contributed by atoms with Gasteiger partial charge in [0.1, 0.15) is 0 Å². The standard InChI is InChI=1S/C19H31N3O3S/c1-16-8-12-22(13-9-16)11-3-10-20-19(23)21-14-17-4-6-18(7-5-17)15-26(2,24)25/h4-7,16H,3,8-15H2,1-2H3,(H2,20,21,23). The number of nitrogens with one attached hydrogen (secondary N) is 2. The molecule has 1 saturated heterocycles. The first-order valence-corrected chi connectivity index (χ1v) is 11.4. The molecule has 146 valence electrons. The van der Waals surface area contributed by atoms with Crippen LogP contribution >= 0.6 is 0 Å². The van der Waals surface area contributed by atoms with E-state index in [1.54, 1.807) is 12.1 Å². The largest absolute Gasteiger partial charge is 0.338 e. The average molecular weight is 382 g/mol. The molecule has 0 atom stereocenters. The molecular formula is C19H31N3O3S. The lowest BCUT2D eigenvalue weighted by molar-refractivity contribution is 0.190. The quantitative estimate of drug-likeness (QED) is 0.677. The van der Waals surface area contributed by atoms with Gasteiger partial charge in [-0.3, -0.25) is 0 Å². The number of hydrogen-bond acceptors (Lipinski definition) is 4. The molecule has 0 saturated carbocycles. The van der Waals surface area contributed by atoms with Crippen LogP contribution in [0.4, 0.5) is 4.79 Å². The molecule has 1 aliphatic heterocycles. The minimum atomic E-state index is -3.02. The van der Waals surface area contributed by atoms with E-state index in [0.29, 0.717) is 13.1 Å². The van der Waals surface area contributed by atoms with E-state index < -0.39 is 9.84 Å². The first kappa shape index (κ1) is 20.7. The van der Waals surface area contributed by atoms with Gasteiger partial charge in [-0.15, -0.1) is 0 Å². The number of likely N-dealkylation sites (tertiary alicyclic amines) is 1. The van der Waals surface area contributed by atoms with Crippen molar-refractivity contribution in [1.82, 2.24) is 15.5 Å². The summed E-state index contributed by atoms with van der Waals surface area (Å²) >= 11 is 0. The fourth-order valence-electron chi connectivity index (χ4n) is 3.09. The molecule has 0 spiro atoms. The number of amides is 2. The minimum Gasteiger partial charge on any atom is -0.338 e. The van der Waals surface area contributed by atoms with E-state index in [-0.39, 0.29) is 11.8 Å². The molecule has 1 aromatic carbocycles. The van der Waals surface area contributed by atoms with Gasteiger partial charge >= 0.3 is 6.03 Å². The molecular weight excluding hydrogens is 350 g/mol. The Kier molecular flexibility index (Phi) is 7.90. The van der Waals surface area contributed by atoms with E-state index in [0.717, 1.165) is 30.0 Å². The van der Waals surface area contributed by atoms with Gasteiger partial charge in [0.2, 0.25) is 0 Å². The summed E-state index contributed by atoms with van der Waals surface area (Å²) in [5, 5.41) is 5.72. The topological polar surface area (TPSA) is 78.5 Å². The van der Waals surface area contributed by atoms with Gasteiger partial charge in [-0.05, 0) is 55.9 Å².